The summed E-state index contributed by atoms with van der Waals surface area (Å²) in [6, 6.07) is 8.65. The number of thioether (sulfide) groups is 1. The molecular weight excluding hydrogens is 402 g/mol. The third kappa shape index (κ3) is 8.67. The standard InChI is InChI=1S/C22H33N3O4S/c1-5-11-30-14-18(21(27)25-29)17(12-15(2)3)20(26)24-19(22(28)23-4)13-16-9-7-6-8-10-16/h5-10,15,17-19,21,27H,1,11-14H2,2-4H3,(H,23,28)(H,24,26)/t17-,18+,19+,21?/m1/s1. The average Bonchev–Trinajstić information content (AvgIpc) is 2.74. The quantitative estimate of drug-likeness (QED) is 0.237. The Kier molecular flexibility index (Phi) is 12.0. The van der Waals surface area contributed by atoms with Crippen LogP contribution in [-0.4, -0.2) is 47.7 Å². The highest BCUT2D eigenvalue weighted by atomic mass is 32.2. The van der Waals surface area contributed by atoms with Crippen LogP contribution in [0.5, 0.6) is 0 Å². The number of likely N-dealkylation sites (N-methyl/N-ethyl adjacent to an activating group) is 1. The molecule has 0 saturated heterocycles. The third-order valence-corrected chi connectivity index (χ3v) is 5.87. The molecule has 0 bridgehead atoms. The fourth-order valence-corrected chi connectivity index (χ4v) is 4.25. The number of nitrogens with one attached hydrogen (secondary N) is 2. The summed E-state index contributed by atoms with van der Waals surface area (Å²) < 4.78 is 0. The number of hydrogen-bond donors (Lipinski definition) is 3. The van der Waals surface area contributed by atoms with Crippen molar-refractivity contribution in [2.75, 3.05) is 18.6 Å². The van der Waals surface area contributed by atoms with Crippen molar-refractivity contribution in [2.45, 2.75) is 39.0 Å². The van der Waals surface area contributed by atoms with Crippen molar-refractivity contribution in [3.05, 3.63) is 53.5 Å². The summed E-state index contributed by atoms with van der Waals surface area (Å²) in [5.74, 6) is -0.809. The van der Waals surface area contributed by atoms with Gasteiger partial charge >= 0.3 is 0 Å². The van der Waals surface area contributed by atoms with E-state index >= 15 is 0 Å². The highest BCUT2D eigenvalue weighted by Crippen LogP contribution is 2.28. The smallest absolute Gasteiger partial charge is 0.242 e. The summed E-state index contributed by atoms with van der Waals surface area (Å²) in [6.45, 7) is 7.60. The lowest BCUT2D eigenvalue weighted by atomic mass is 9.84. The van der Waals surface area contributed by atoms with Gasteiger partial charge in [-0.05, 0) is 23.1 Å². The van der Waals surface area contributed by atoms with Gasteiger partial charge in [0, 0.05) is 36.8 Å². The van der Waals surface area contributed by atoms with Gasteiger partial charge in [0.25, 0.3) is 0 Å². The van der Waals surface area contributed by atoms with Crippen LogP contribution in [-0.2, 0) is 16.0 Å². The molecule has 0 aliphatic heterocycles. The van der Waals surface area contributed by atoms with Crippen LogP contribution in [0.15, 0.2) is 48.2 Å². The molecule has 1 aromatic rings. The minimum absolute atomic E-state index is 0.152. The lowest BCUT2D eigenvalue weighted by Gasteiger charge is -2.29. The number of nitroso groups, excluding NO2 is 1. The normalized spacial score (nSPS) is 15.0. The van der Waals surface area contributed by atoms with E-state index < -0.39 is 24.1 Å². The van der Waals surface area contributed by atoms with Crippen LogP contribution in [0.1, 0.15) is 25.8 Å². The van der Waals surface area contributed by atoms with E-state index in [9.17, 15) is 19.6 Å². The van der Waals surface area contributed by atoms with Crippen LogP contribution in [0.3, 0.4) is 0 Å². The van der Waals surface area contributed by atoms with Crippen LogP contribution in [0, 0.1) is 22.7 Å². The molecule has 7 nitrogen and oxygen atoms in total. The number of aliphatic hydroxyl groups is 1. The van der Waals surface area contributed by atoms with Gasteiger partial charge in [0.15, 0.2) is 6.23 Å². The summed E-state index contributed by atoms with van der Waals surface area (Å²) >= 11 is 1.47. The first-order chi connectivity index (χ1) is 14.3. The summed E-state index contributed by atoms with van der Waals surface area (Å²) in [5.41, 5.74) is 0.916. The van der Waals surface area contributed by atoms with Crippen molar-refractivity contribution in [3.63, 3.8) is 0 Å². The molecule has 0 aliphatic rings. The number of nitrogens with zero attached hydrogens (tertiary/aromatic N) is 1. The lowest BCUT2D eigenvalue weighted by molar-refractivity contribution is -0.133. The van der Waals surface area contributed by atoms with Crippen LogP contribution in [0.2, 0.25) is 0 Å². The maximum atomic E-state index is 13.2. The van der Waals surface area contributed by atoms with E-state index in [1.54, 1.807) is 6.08 Å². The van der Waals surface area contributed by atoms with E-state index in [1.165, 1.54) is 18.8 Å². The molecule has 0 fully saturated rings. The molecule has 166 valence electrons. The second-order valence-electron chi connectivity index (χ2n) is 7.61. The highest BCUT2D eigenvalue weighted by molar-refractivity contribution is 7.99. The number of carbonyl (C=O) groups is 2. The van der Waals surface area contributed by atoms with Gasteiger partial charge in [-0.15, -0.1) is 11.5 Å². The summed E-state index contributed by atoms with van der Waals surface area (Å²) in [6.07, 6.45) is 1.03. The zero-order valence-electron chi connectivity index (χ0n) is 17.9. The maximum absolute atomic E-state index is 13.2. The number of amides is 2. The average molecular weight is 436 g/mol. The first kappa shape index (κ1) is 25.8. The number of aliphatic hydroxyl groups excluding tert-OH is 1. The minimum Gasteiger partial charge on any atom is -0.369 e. The van der Waals surface area contributed by atoms with Gasteiger partial charge in [0.05, 0.1) is 0 Å². The van der Waals surface area contributed by atoms with E-state index in [0.29, 0.717) is 24.3 Å². The lowest BCUT2D eigenvalue weighted by Crippen LogP contribution is -2.51. The van der Waals surface area contributed by atoms with Crippen molar-refractivity contribution >= 4 is 23.6 Å². The molecule has 4 atom stereocenters. The van der Waals surface area contributed by atoms with Gasteiger partial charge < -0.3 is 15.7 Å². The SMILES string of the molecule is C=CCSC[C@H](C(O)N=O)[C@@H](CC(C)C)C(=O)N[C@@H](Cc1ccccc1)C(=O)NC. The maximum Gasteiger partial charge on any atom is 0.242 e. The molecule has 0 aromatic heterocycles. The Hall–Kier alpha value is -2.19. The zero-order chi connectivity index (χ0) is 22.5. The van der Waals surface area contributed by atoms with E-state index in [2.05, 4.69) is 22.4 Å². The Balaban J connectivity index is 3.07. The van der Waals surface area contributed by atoms with Gasteiger partial charge in [-0.3, -0.25) is 9.59 Å². The number of hydrogen-bond acceptors (Lipinski definition) is 6. The largest absolute Gasteiger partial charge is 0.369 e. The Bertz CT molecular complexity index is 684. The fraction of sp³-hybridized carbons (Fsp3) is 0.545. The van der Waals surface area contributed by atoms with Crippen molar-refractivity contribution in [2.24, 2.45) is 22.9 Å². The molecule has 1 unspecified atom stereocenters. The predicted molar refractivity (Wildman–Crippen MR) is 122 cm³/mol. The Morgan fingerprint density at radius 2 is 1.90 bits per heavy atom. The molecular formula is C22H33N3O4S. The number of carbonyl (C=O) groups excluding carboxylic acids is 2. The first-order valence-corrected chi connectivity index (χ1v) is 11.2. The summed E-state index contributed by atoms with van der Waals surface area (Å²) in [7, 11) is 1.52. The van der Waals surface area contributed by atoms with Crippen LogP contribution in [0.4, 0.5) is 0 Å². The van der Waals surface area contributed by atoms with Gasteiger partial charge in [0.1, 0.15) is 6.04 Å². The van der Waals surface area contributed by atoms with E-state index in [0.717, 1.165) is 5.56 Å². The summed E-state index contributed by atoms with van der Waals surface area (Å²) in [4.78, 5) is 36.7. The molecule has 0 spiro atoms. The molecule has 8 heteroatoms. The zero-order valence-corrected chi connectivity index (χ0v) is 18.7. The Morgan fingerprint density at radius 1 is 1.23 bits per heavy atom. The van der Waals surface area contributed by atoms with Crippen LogP contribution < -0.4 is 10.6 Å². The topological polar surface area (TPSA) is 108 Å². The van der Waals surface area contributed by atoms with Gasteiger partial charge in [-0.2, -0.15) is 11.8 Å². The summed E-state index contributed by atoms with van der Waals surface area (Å²) in [5, 5.41) is 18.4. The van der Waals surface area contributed by atoms with Crippen molar-refractivity contribution in [1.29, 1.82) is 0 Å². The van der Waals surface area contributed by atoms with E-state index in [4.69, 9.17) is 0 Å². The van der Waals surface area contributed by atoms with E-state index in [1.807, 2.05) is 44.2 Å². The monoisotopic (exact) mass is 435 g/mol. The molecule has 0 saturated carbocycles. The van der Waals surface area contributed by atoms with Crippen LogP contribution in [0.25, 0.3) is 0 Å². The molecule has 0 heterocycles. The predicted octanol–water partition coefficient (Wildman–Crippen LogP) is 2.74. The van der Waals surface area contributed by atoms with Crippen molar-refractivity contribution < 1.29 is 14.7 Å². The molecule has 1 aromatic carbocycles. The number of rotatable bonds is 14. The molecule has 0 radical (unpaired) electrons. The third-order valence-electron chi connectivity index (χ3n) is 4.78. The Labute approximate surface area is 183 Å². The minimum atomic E-state index is -1.50. The van der Waals surface area contributed by atoms with E-state index in [-0.39, 0.29) is 17.7 Å². The van der Waals surface area contributed by atoms with Crippen molar-refractivity contribution in [3.8, 4) is 0 Å². The van der Waals surface area contributed by atoms with Crippen LogP contribution >= 0.6 is 11.8 Å². The first-order valence-electron chi connectivity index (χ1n) is 10.1. The Morgan fingerprint density at radius 3 is 2.43 bits per heavy atom. The van der Waals surface area contributed by atoms with Gasteiger partial charge in [-0.1, -0.05) is 50.3 Å². The molecule has 1 rings (SSSR count). The molecule has 3 N–H and O–H groups in total. The molecule has 30 heavy (non-hydrogen) atoms. The second-order valence-corrected chi connectivity index (χ2v) is 8.69. The highest BCUT2D eigenvalue weighted by Gasteiger charge is 2.36. The molecule has 2 amide bonds. The van der Waals surface area contributed by atoms with Gasteiger partial charge in [-0.25, -0.2) is 0 Å². The fourth-order valence-electron chi connectivity index (χ4n) is 3.27. The molecule has 0 aliphatic carbocycles. The van der Waals surface area contributed by atoms with Gasteiger partial charge in [0.2, 0.25) is 11.8 Å². The second kappa shape index (κ2) is 13.9. The van der Waals surface area contributed by atoms with Crippen molar-refractivity contribution in [1.82, 2.24) is 10.6 Å². The number of benzene rings is 1.